The van der Waals surface area contributed by atoms with Gasteiger partial charge in [0.1, 0.15) is 5.52 Å². The van der Waals surface area contributed by atoms with E-state index < -0.39 is 15.4 Å². The first-order chi connectivity index (χ1) is 11.4. The van der Waals surface area contributed by atoms with Gasteiger partial charge in [-0.25, -0.2) is 4.98 Å². The average Bonchev–Trinajstić information content (AvgIpc) is 2.95. The van der Waals surface area contributed by atoms with Gasteiger partial charge in [-0.3, -0.25) is 4.55 Å². The van der Waals surface area contributed by atoms with Crippen molar-refractivity contribution >= 4 is 37.1 Å². The van der Waals surface area contributed by atoms with Crippen LogP contribution in [0.2, 0.25) is 0 Å². The SMILES string of the molecule is O=S(=O)(O)C(CCc1nc2ccccc2o1)Cc1ccc(Br)cc1. The number of para-hydroxylation sites is 2. The molecule has 1 aromatic heterocycles. The highest BCUT2D eigenvalue weighted by atomic mass is 79.9. The van der Waals surface area contributed by atoms with Gasteiger partial charge in [-0.1, -0.05) is 40.2 Å². The zero-order valence-electron chi connectivity index (χ0n) is 12.7. The molecule has 1 atom stereocenters. The van der Waals surface area contributed by atoms with Crippen LogP contribution in [0.3, 0.4) is 0 Å². The second-order valence-corrected chi connectivity index (χ2v) is 8.19. The molecule has 24 heavy (non-hydrogen) atoms. The number of oxazole rings is 1. The summed E-state index contributed by atoms with van der Waals surface area (Å²) in [5, 5.41) is -0.895. The van der Waals surface area contributed by atoms with Crippen molar-refractivity contribution in [1.82, 2.24) is 4.98 Å². The van der Waals surface area contributed by atoms with Crippen LogP contribution >= 0.6 is 15.9 Å². The molecule has 0 saturated carbocycles. The molecule has 7 heteroatoms. The normalized spacial score (nSPS) is 13.2. The topological polar surface area (TPSA) is 80.4 Å². The Morgan fingerprint density at radius 2 is 1.83 bits per heavy atom. The van der Waals surface area contributed by atoms with Gasteiger partial charge in [0.15, 0.2) is 11.5 Å². The van der Waals surface area contributed by atoms with Crippen molar-refractivity contribution in [3.8, 4) is 0 Å². The maximum Gasteiger partial charge on any atom is 0.268 e. The number of hydrogen-bond donors (Lipinski definition) is 1. The number of benzene rings is 2. The Kier molecular flexibility index (Phi) is 5.03. The summed E-state index contributed by atoms with van der Waals surface area (Å²) in [4.78, 5) is 4.34. The van der Waals surface area contributed by atoms with E-state index in [-0.39, 0.29) is 12.8 Å². The molecule has 0 aliphatic carbocycles. The molecular formula is C17H16BrNO4S. The largest absolute Gasteiger partial charge is 0.441 e. The van der Waals surface area contributed by atoms with E-state index in [0.29, 0.717) is 17.9 Å². The quantitative estimate of drug-likeness (QED) is 0.621. The highest BCUT2D eigenvalue weighted by molar-refractivity contribution is 9.10. The number of aromatic nitrogens is 1. The van der Waals surface area contributed by atoms with Gasteiger partial charge in [-0.05, 0) is 42.7 Å². The first-order valence-corrected chi connectivity index (χ1v) is 9.76. The Hall–Kier alpha value is -1.70. The summed E-state index contributed by atoms with van der Waals surface area (Å²) in [6.45, 7) is 0. The van der Waals surface area contributed by atoms with Crippen molar-refractivity contribution in [3.63, 3.8) is 0 Å². The lowest BCUT2D eigenvalue weighted by Crippen LogP contribution is -2.24. The van der Waals surface area contributed by atoms with Crippen molar-refractivity contribution in [3.05, 3.63) is 64.5 Å². The van der Waals surface area contributed by atoms with Gasteiger partial charge in [0.2, 0.25) is 0 Å². The fourth-order valence-electron chi connectivity index (χ4n) is 2.55. The van der Waals surface area contributed by atoms with Crippen molar-refractivity contribution in [2.24, 2.45) is 0 Å². The third-order valence-electron chi connectivity index (χ3n) is 3.82. The minimum Gasteiger partial charge on any atom is -0.441 e. The molecule has 0 aliphatic rings. The van der Waals surface area contributed by atoms with Crippen LogP contribution in [0.25, 0.3) is 11.1 Å². The van der Waals surface area contributed by atoms with E-state index in [1.807, 2.05) is 48.5 Å². The van der Waals surface area contributed by atoms with E-state index in [1.54, 1.807) is 0 Å². The Morgan fingerprint density at radius 3 is 2.50 bits per heavy atom. The summed E-state index contributed by atoms with van der Waals surface area (Å²) >= 11 is 3.34. The zero-order valence-corrected chi connectivity index (χ0v) is 15.1. The molecule has 3 aromatic rings. The van der Waals surface area contributed by atoms with Crippen molar-refractivity contribution in [1.29, 1.82) is 0 Å². The number of nitrogens with zero attached hydrogens (tertiary/aromatic N) is 1. The molecule has 0 bridgehead atoms. The molecule has 1 N–H and O–H groups in total. The Labute approximate surface area is 148 Å². The Morgan fingerprint density at radius 1 is 1.12 bits per heavy atom. The van der Waals surface area contributed by atoms with Crippen molar-refractivity contribution < 1.29 is 17.4 Å². The third-order valence-corrected chi connectivity index (χ3v) is 5.59. The monoisotopic (exact) mass is 409 g/mol. The minimum absolute atomic E-state index is 0.238. The van der Waals surface area contributed by atoms with Crippen LogP contribution in [0.1, 0.15) is 17.9 Å². The highest BCUT2D eigenvalue weighted by Crippen LogP contribution is 2.20. The van der Waals surface area contributed by atoms with E-state index in [4.69, 9.17) is 4.42 Å². The lowest BCUT2D eigenvalue weighted by atomic mass is 10.1. The van der Waals surface area contributed by atoms with E-state index in [9.17, 15) is 13.0 Å². The predicted molar refractivity (Wildman–Crippen MR) is 95.5 cm³/mol. The van der Waals surface area contributed by atoms with Gasteiger partial charge < -0.3 is 4.42 Å². The summed E-state index contributed by atoms with van der Waals surface area (Å²) in [6.07, 6.45) is 0.823. The van der Waals surface area contributed by atoms with Crippen molar-refractivity contribution in [2.45, 2.75) is 24.5 Å². The first-order valence-electron chi connectivity index (χ1n) is 7.47. The second kappa shape index (κ2) is 7.04. The summed E-state index contributed by atoms with van der Waals surface area (Å²) in [7, 11) is -4.15. The van der Waals surface area contributed by atoms with Gasteiger partial charge in [-0.2, -0.15) is 8.42 Å². The fraction of sp³-hybridized carbons (Fsp3) is 0.235. The van der Waals surface area contributed by atoms with Crippen LogP contribution in [0.15, 0.2) is 57.4 Å². The number of halogens is 1. The standard InChI is InChI=1S/C17H16BrNO4S/c18-13-7-5-12(6-8-13)11-14(24(20,21)22)9-10-17-19-15-3-1-2-4-16(15)23-17/h1-8,14H,9-11H2,(H,20,21,22). The summed E-state index contributed by atoms with van der Waals surface area (Å²) in [6, 6.07) is 14.7. The molecule has 0 amide bonds. The number of hydrogen-bond acceptors (Lipinski definition) is 4. The number of aryl methyl sites for hydroxylation is 1. The third kappa shape index (κ3) is 4.23. The molecule has 0 aliphatic heterocycles. The molecule has 1 heterocycles. The summed E-state index contributed by atoms with van der Waals surface area (Å²) in [5.41, 5.74) is 2.26. The van der Waals surface area contributed by atoms with Gasteiger partial charge in [0.05, 0.1) is 5.25 Å². The Balaban J connectivity index is 1.73. The molecule has 126 valence electrons. The highest BCUT2D eigenvalue weighted by Gasteiger charge is 2.24. The average molecular weight is 410 g/mol. The molecule has 0 fully saturated rings. The van der Waals surface area contributed by atoms with Crippen LogP contribution in [0, 0.1) is 0 Å². The lowest BCUT2D eigenvalue weighted by Gasteiger charge is -2.13. The fourth-order valence-corrected chi connectivity index (χ4v) is 3.63. The molecule has 0 radical (unpaired) electrons. The van der Waals surface area contributed by atoms with Crippen molar-refractivity contribution in [2.75, 3.05) is 0 Å². The van der Waals surface area contributed by atoms with Gasteiger partial charge in [0, 0.05) is 10.9 Å². The van der Waals surface area contributed by atoms with Crippen LogP contribution < -0.4 is 0 Å². The number of fused-ring (bicyclic) bond motifs is 1. The molecule has 2 aromatic carbocycles. The van der Waals surface area contributed by atoms with E-state index in [1.165, 1.54) is 0 Å². The van der Waals surface area contributed by atoms with E-state index >= 15 is 0 Å². The second-order valence-electron chi connectivity index (χ2n) is 5.58. The van der Waals surface area contributed by atoms with E-state index in [0.717, 1.165) is 15.6 Å². The molecule has 0 saturated heterocycles. The predicted octanol–water partition coefficient (Wildman–Crippen LogP) is 4.02. The maximum atomic E-state index is 11.7. The van der Waals surface area contributed by atoms with Crippen LogP contribution in [0.4, 0.5) is 0 Å². The van der Waals surface area contributed by atoms with Crippen LogP contribution in [-0.4, -0.2) is 23.2 Å². The smallest absolute Gasteiger partial charge is 0.268 e. The van der Waals surface area contributed by atoms with Gasteiger partial charge in [-0.15, -0.1) is 0 Å². The van der Waals surface area contributed by atoms with Crippen LogP contribution in [-0.2, 0) is 23.0 Å². The van der Waals surface area contributed by atoms with Gasteiger partial charge >= 0.3 is 0 Å². The number of rotatable bonds is 6. The zero-order chi connectivity index (χ0) is 17.2. The molecular weight excluding hydrogens is 394 g/mol. The lowest BCUT2D eigenvalue weighted by molar-refractivity contribution is 0.453. The molecule has 3 rings (SSSR count). The maximum absolute atomic E-state index is 11.7. The molecule has 5 nitrogen and oxygen atoms in total. The van der Waals surface area contributed by atoms with E-state index in [2.05, 4.69) is 20.9 Å². The molecule has 1 unspecified atom stereocenters. The Bertz CT molecular complexity index is 902. The summed E-state index contributed by atoms with van der Waals surface area (Å²) in [5.74, 6) is 0.473. The first kappa shape index (κ1) is 17.1. The summed E-state index contributed by atoms with van der Waals surface area (Å²) < 4.78 is 39.4. The van der Waals surface area contributed by atoms with Crippen LogP contribution in [0.5, 0.6) is 0 Å². The molecule has 0 spiro atoms. The minimum atomic E-state index is -4.15. The van der Waals surface area contributed by atoms with Gasteiger partial charge in [0.25, 0.3) is 10.1 Å².